The van der Waals surface area contributed by atoms with Gasteiger partial charge in [-0.15, -0.1) is 0 Å². The van der Waals surface area contributed by atoms with Gasteiger partial charge in [0.2, 0.25) is 0 Å². The maximum atomic E-state index is 4.39. The molecule has 1 aliphatic heterocycles. The molecule has 1 saturated heterocycles. The first kappa shape index (κ1) is 10.5. The average Bonchev–Trinajstić information content (AvgIpc) is 2.67. The molecule has 84 valence electrons. The summed E-state index contributed by atoms with van der Waals surface area (Å²) in [6.45, 7) is 9.77. The van der Waals surface area contributed by atoms with Crippen molar-refractivity contribution in [2.45, 2.75) is 20.4 Å². The monoisotopic (exact) mass is 208 g/mol. The molecule has 2 heterocycles. The Morgan fingerprint density at radius 3 is 2.80 bits per heavy atom. The van der Waals surface area contributed by atoms with Crippen LogP contribution >= 0.6 is 0 Å². The summed E-state index contributed by atoms with van der Waals surface area (Å²) < 4.78 is 2.04. The van der Waals surface area contributed by atoms with E-state index in [2.05, 4.69) is 35.4 Å². The Labute approximate surface area is 91.3 Å². The van der Waals surface area contributed by atoms with Crippen LogP contribution in [0.3, 0.4) is 0 Å². The third-order valence-corrected chi connectivity index (χ3v) is 2.65. The molecule has 0 unspecified atom stereocenters. The molecule has 4 nitrogen and oxygen atoms in total. The van der Waals surface area contributed by atoms with Crippen molar-refractivity contribution in [2.24, 2.45) is 5.92 Å². The quantitative estimate of drug-likeness (QED) is 0.803. The summed E-state index contributed by atoms with van der Waals surface area (Å²) in [6, 6.07) is 0. The zero-order valence-electron chi connectivity index (χ0n) is 9.61. The molecule has 0 amide bonds. The number of hydrogen-bond acceptors (Lipinski definition) is 3. The molecule has 1 aromatic heterocycles. The molecule has 0 aromatic carbocycles. The van der Waals surface area contributed by atoms with E-state index in [1.54, 1.807) is 0 Å². The summed E-state index contributed by atoms with van der Waals surface area (Å²) in [6.07, 6.45) is 4.14. The fourth-order valence-corrected chi connectivity index (χ4v) is 1.91. The van der Waals surface area contributed by atoms with Crippen LogP contribution in [0.5, 0.6) is 0 Å². The van der Waals surface area contributed by atoms with Crippen LogP contribution in [0.1, 0.15) is 13.8 Å². The van der Waals surface area contributed by atoms with Crippen molar-refractivity contribution in [1.29, 1.82) is 0 Å². The normalized spacial score (nSPS) is 17.4. The Morgan fingerprint density at radius 1 is 1.40 bits per heavy atom. The summed E-state index contributed by atoms with van der Waals surface area (Å²) in [7, 11) is 0. The molecule has 0 atom stereocenters. The van der Waals surface area contributed by atoms with E-state index >= 15 is 0 Å². The predicted octanol–water partition coefficient (Wildman–Crippen LogP) is 0.949. The Hall–Kier alpha value is -1.03. The van der Waals surface area contributed by atoms with Crippen LogP contribution in [-0.4, -0.2) is 36.0 Å². The van der Waals surface area contributed by atoms with E-state index in [1.165, 1.54) is 5.69 Å². The summed E-state index contributed by atoms with van der Waals surface area (Å²) in [4.78, 5) is 2.39. The topological polar surface area (TPSA) is 33.1 Å². The molecular weight excluding hydrogens is 188 g/mol. The number of nitrogens with one attached hydrogen (secondary N) is 1. The molecule has 15 heavy (non-hydrogen) atoms. The zero-order valence-corrected chi connectivity index (χ0v) is 9.61. The van der Waals surface area contributed by atoms with Crippen LogP contribution in [0.2, 0.25) is 0 Å². The SMILES string of the molecule is CC(C)Cn1cc(N2CCNCC2)cn1. The van der Waals surface area contributed by atoms with Crippen molar-refractivity contribution >= 4 is 5.69 Å². The molecule has 0 radical (unpaired) electrons. The molecule has 1 aliphatic rings. The van der Waals surface area contributed by atoms with Gasteiger partial charge in [-0.1, -0.05) is 13.8 Å². The molecule has 4 heteroatoms. The van der Waals surface area contributed by atoms with Crippen molar-refractivity contribution in [2.75, 3.05) is 31.1 Å². The molecule has 0 bridgehead atoms. The Kier molecular flexibility index (Phi) is 3.26. The van der Waals surface area contributed by atoms with E-state index in [1.807, 2.05) is 10.9 Å². The molecule has 0 aliphatic carbocycles. The second-order valence-electron chi connectivity index (χ2n) is 4.55. The van der Waals surface area contributed by atoms with Crippen LogP contribution in [0, 0.1) is 5.92 Å². The molecule has 0 saturated carbocycles. The highest BCUT2D eigenvalue weighted by molar-refractivity contribution is 5.42. The zero-order chi connectivity index (χ0) is 10.7. The highest BCUT2D eigenvalue weighted by Gasteiger charge is 2.12. The van der Waals surface area contributed by atoms with Crippen molar-refractivity contribution in [3.8, 4) is 0 Å². The summed E-state index contributed by atoms with van der Waals surface area (Å²) in [5.74, 6) is 0.653. The van der Waals surface area contributed by atoms with Gasteiger partial charge in [-0.05, 0) is 5.92 Å². The fraction of sp³-hybridized carbons (Fsp3) is 0.727. The summed E-state index contributed by atoms with van der Waals surface area (Å²) in [5, 5.41) is 7.74. The molecular formula is C11H20N4. The van der Waals surface area contributed by atoms with Gasteiger partial charge in [0.1, 0.15) is 0 Å². The van der Waals surface area contributed by atoms with Gasteiger partial charge in [-0.3, -0.25) is 4.68 Å². The van der Waals surface area contributed by atoms with Crippen LogP contribution in [0.15, 0.2) is 12.4 Å². The summed E-state index contributed by atoms with van der Waals surface area (Å²) >= 11 is 0. The lowest BCUT2D eigenvalue weighted by Crippen LogP contribution is -2.43. The van der Waals surface area contributed by atoms with Crippen molar-refractivity contribution < 1.29 is 0 Å². The van der Waals surface area contributed by atoms with Crippen molar-refractivity contribution in [3.63, 3.8) is 0 Å². The summed E-state index contributed by atoms with van der Waals surface area (Å²) in [5.41, 5.74) is 1.26. The van der Waals surface area contributed by atoms with E-state index in [-0.39, 0.29) is 0 Å². The number of anilines is 1. The molecule has 1 N–H and O–H groups in total. The van der Waals surface area contributed by atoms with Gasteiger partial charge in [0, 0.05) is 38.9 Å². The minimum atomic E-state index is 0.653. The van der Waals surface area contributed by atoms with Crippen LogP contribution in [0.4, 0.5) is 5.69 Å². The van der Waals surface area contributed by atoms with Gasteiger partial charge >= 0.3 is 0 Å². The second kappa shape index (κ2) is 4.66. The number of hydrogen-bond donors (Lipinski definition) is 1. The Balaban J connectivity index is 1.99. The first-order chi connectivity index (χ1) is 7.25. The Morgan fingerprint density at radius 2 is 2.13 bits per heavy atom. The molecule has 2 rings (SSSR count). The predicted molar refractivity (Wildman–Crippen MR) is 62.1 cm³/mol. The van der Waals surface area contributed by atoms with Gasteiger partial charge in [-0.25, -0.2) is 0 Å². The maximum absolute atomic E-state index is 4.39. The third-order valence-electron chi connectivity index (χ3n) is 2.65. The minimum absolute atomic E-state index is 0.653. The number of piperazine rings is 1. The van der Waals surface area contributed by atoms with Gasteiger partial charge in [0.25, 0.3) is 0 Å². The van der Waals surface area contributed by atoms with Gasteiger partial charge in [0.15, 0.2) is 0 Å². The first-order valence-electron chi connectivity index (χ1n) is 5.74. The lowest BCUT2D eigenvalue weighted by atomic mass is 10.2. The van der Waals surface area contributed by atoms with Gasteiger partial charge in [0.05, 0.1) is 11.9 Å². The highest BCUT2D eigenvalue weighted by atomic mass is 15.3. The van der Waals surface area contributed by atoms with E-state index in [9.17, 15) is 0 Å². The standard InChI is InChI=1S/C11H20N4/c1-10(2)8-15-9-11(7-13-15)14-5-3-12-4-6-14/h7,9-10,12H,3-6,8H2,1-2H3. The smallest absolute Gasteiger partial charge is 0.0753 e. The molecule has 1 fully saturated rings. The van der Waals surface area contributed by atoms with E-state index in [0.717, 1.165) is 32.7 Å². The minimum Gasteiger partial charge on any atom is -0.366 e. The third kappa shape index (κ3) is 2.72. The van der Waals surface area contributed by atoms with Crippen molar-refractivity contribution in [1.82, 2.24) is 15.1 Å². The Bertz CT molecular complexity index is 299. The lowest BCUT2D eigenvalue weighted by Gasteiger charge is -2.27. The maximum Gasteiger partial charge on any atom is 0.0753 e. The van der Waals surface area contributed by atoms with Crippen LogP contribution in [0.25, 0.3) is 0 Å². The molecule has 0 spiro atoms. The van der Waals surface area contributed by atoms with Crippen LogP contribution < -0.4 is 10.2 Å². The highest BCUT2D eigenvalue weighted by Crippen LogP contribution is 2.13. The lowest BCUT2D eigenvalue weighted by molar-refractivity contribution is 0.483. The van der Waals surface area contributed by atoms with Gasteiger partial charge in [-0.2, -0.15) is 5.10 Å². The van der Waals surface area contributed by atoms with Crippen LogP contribution in [-0.2, 0) is 6.54 Å². The fourth-order valence-electron chi connectivity index (χ4n) is 1.91. The van der Waals surface area contributed by atoms with E-state index in [4.69, 9.17) is 0 Å². The number of rotatable bonds is 3. The van der Waals surface area contributed by atoms with Crippen molar-refractivity contribution in [3.05, 3.63) is 12.4 Å². The average molecular weight is 208 g/mol. The van der Waals surface area contributed by atoms with E-state index < -0.39 is 0 Å². The molecule has 1 aromatic rings. The van der Waals surface area contributed by atoms with Gasteiger partial charge < -0.3 is 10.2 Å². The largest absolute Gasteiger partial charge is 0.366 e. The number of nitrogens with zero attached hydrogens (tertiary/aromatic N) is 3. The second-order valence-corrected chi connectivity index (χ2v) is 4.55. The van der Waals surface area contributed by atoms with E-state index in [0.29, 0.717) is 5.92 Å². The number of aromatic nitrogens is 2. The first-order valence-corrected chi connectivity index (χ1v) is 5.74.